The van der Waals surface area contributed by atoms with Crippen molar-refractivity contribution in [1.29, 1.82) is 0 Å². The molecule has 1 aromatic rings. The Bertz CT molecular complexity index is 676. The maximum Gasteiger partial charge on any atom is 0.326 e. The van der Waals surface area contributed by atoms with Crippen LogP contribution in [-0.4, -0.2) is 46.2 Å². The first-order chi connectivity index (χ1) is 13.2. The van der Waals surface area contributed by atoms with Crippen molar-refractivity contribution in [3.63, 3.8) is 0 Å². The number of hydrogen-bond acceptors (Lipinski definition) is 5. The van der Waals surface area contributed by atoms with Crippen molar-refractivity contribution in [2.24, 2.45) is 11.8 Å². The van der Waals surface area contributed by atoms with Crippen LogP contribution in [0.1, 0.15) is 45.6 Å². The van der Waals surface area contributed by atoms with Crippen LogP contribution in [0.5, 0.6) is 0 Å². The van der Waals surface area contributed by atoms with Crippen molar-refractivity contribution >= 4 is 23.6 Å². The average Bonchev–Trinajstić information content (AvgIpc) is 2.62. The first kappa shape index (κ1) is 23.3. The number of aryl methyl sites for hydroxylation is 1. The third kappa shape index (κ3) is 8.75. The lowest BCUT2D eigenvalue weighted by Crippen LogP contribution is -2.46. The summed E-state index contributed by atoms with van der Waals surface area (Å²) in [5, 5.41) is 14.3. The summed E-state index contributed by atoms with van der Waals surface area (Å²) in [4.78, 5) is 51.1. The monoisotopic (exact) mass is 391 g/mol. The molecular weight excluding hydrogens is 362 g/mol. The molecule has 154 valence electrons. The van der Waals surface area contributed by atoms with Gasteiger partial charge in [-0.2, -0.15) is 0 Å². The molecule has 3 N–H and O–H groups in total. The van der Waals surface area contributed by atoms with Gasteiger partial charge < -0.3 is 15.7 Å². The van der Waals surface area contributed by atoms with Crippen LogP contribution in [0.15, 0.2) is 24.5 Å². The number of Topliss-reactive ketones (excluding diaryl/α,β-unsaturated/α-hetero) is 1. The number of hydrogen-bond donors (Lipinski definition) is 3. The Morgan fingerprint density at radius 1 is 1.18 bits per heavy atom. The molecule has 0 saturated carbocycles. The Morgan fingerprint density at radius 2 is 1.89 bits per heavy atom. The lowest BCUT2D eigenvalue weighted by Gasteiger charge is -2.22. The molecule has 8 nitrogen and oxygen atoms in total. The lowest BCUT2D eigenvalue weighted by atomic mass is 9.90. The van der Waals surface area contributed by atoms with Gasteiger partial charge in [0, 0.05) is 37.7 Å². The van der Waals surface area contributed by atoms with Crippen LogP contribution < -0.4 is 10.6 Å². The first-order valence-corrected chi connectivity index (χ1v) is 9.39. The highest BCUT2D eigenvalue weighted by Gasteiger charge is 2.29. The molecule has 8 heteroatoms. The third-order valence-electron chi connectivity index (χ3n) is 4.34. The summed E-state index contributed by atoms with van der Waals surface area (Å²) in [5.41, 5.74) is 1.08. The number of aromatic nitrogens is 1. The third-order valence-corrected chi connectivity index (χ3v) is 4.34. The minimum atomic E-state index is -1.28. The number of nitrogens with one attached hydrogen (secondary N) is 2. The van der Waals surface area contributed by atoms with Gasteiger partial charge in [0.25, 0.3) is 0 Å². The molecular formula is C20H29N3O5. The molecule has 2 atom stereocenters. The van der Waals surface area contributed by atoms with Crippen molar-refractivity contribution < 1.29 is 24.3 Å². The van der Waals surface area contributed by atoms with E-state index in [-0.39, 0.29) is 30.4 Å². The van der Waals surface area contributed by atoms with Gasteiger partial charge in [-0.05, 0) is 37.3 Å². The normalized spacial score (nSPS) is 12.9. The molecule has 28 heavy (non-hydrogen) atoms. The van der Waals surface area contributed by atoms with Gasteiger partial charge in [0.2, 0.25) is 11.8 Å². The average molecular weight is 391 g/mol. The van der Waals surface area contributed by atoms with Crippen molar-refractivity contribution in [3.8, 4) is 0 Å². The van der Waals surface area contributed by atoms with E-state index in [9.17, 15) is 19.2 Å². The standard InChI is InChI=1S/C20H29N3O5/c1-13(2)16(19(26)23-17(20(27)28)10-14(3)24)11-18(25)22-9-5-7-15-6-4-8-21-12-15/h4,6,8,12-13,16-17H,5,7,9-11H2,1-3H3,(H,22,25)(H,23,26)(H,27,28). The Labute approximate surface area is 165 Å². The number of pyridine rings is 1. The predicted molar refractivity (Wildman–Crippen MR) is 103 cm³/mol. The largest absolute Gasteiger partial charge is 0.480 e. The molecule has 1 heterocycles. The number of nitrogens with zero attached hydrogens (tertiary/aromatic N) is 1. The van der Waals surface area contributed by atoms with Gasteiger partial charge in [0.05, 0.1) is 0 Å². The molecule has 0 fully saturated rings. The minimum Gasteiger partial charge on any atom is -0.480 e. The van der Waals surface area contributed by atoms with Crippen LogP contribution in [0.3, 0.4) is 0 Å². The number of carboxylic acid groups (broad SMARTS) is 1. The molecule has 1 aromatic heterocycles. The van der Waals surface area contributed by atoms with Crippen molar-refractivity contribution in [2.75, 3.05) is 6.54 Å². The van der Waals surface area contributed by atoms with Crippen LogP contribution in [0, 0.1) is 11.8 Å². The molecule has 0 aliphatic heterocycles. The van der Waals surface area contributed by atoms with Gasteiger partial charge in [0.15, 0.2) is 0 Å². The van der Waals surface area contributed by atoms with E-state index < -0.39 is 23.8 Å². The van der Waals surface area contributed by atoms with Gasteiger partial charge in [-0.1, -0.05) is 19.9 Å². The maximum absolute atomic E-state index is 12.5. The Hall–Kier alpha value is -2.77. The molecule has 0 spiro atoms. The summed E-state index contributed by atoms with van der Waals surface area (Å²) >= 11 is 0. The zero-order valence-electron chi connectivity index (χ0n) is 16.6. The molecule has 0 radical (unpaired) electrons. The fourth-order valence-electron chi connectivity index (χ4n) is 2.74. The molecule has 0 aliphatic carbocycles. The fourth-order valence-corrected chi connectivity index (χ4v) is 2.74. The van der Waals surface area contributed by atoms with E-state index >= 15 is 0 Å². The van der Waals surface area contributed by atoms with Crippen LogP contribution in [-0.2, 0) is 25.6 Å². The number of amides is 2. The summed E-state index contributed by atoms with van der Waals surface area (Å²) in [5.74, 6) is -3.24. The topological polar surface area (TPSA) is 125 Å². The Kier molecular flexibility index (Phi) is 9.84. The molecule has 0 aromatic carbocycles. The predicted octanol–water partition coefficient (Wildman–Crippen LogP) is 1.34. The second-order valence-electron chi connectivity index (χ2n) is 7.17. The summed E-state index contributed by atoms with van der Waals surface area (Å²) < 4.78 is 0. The van der Waals surface area contributed by atoms with E-state index in [1.165, 1.54) is 6.92 Å². The van der Waals surface area contributed by atoms with Crippen LogP contribution in [0.4, 0.5) is 0 Å². The SMILES string of the molecule is CC(=O)CC(NC(=O)C(CC(=O)NCCCc1cccnc1)C(C)C)C(=O)O. The van der Waals surface area contributed by atoms with Crippen LogP contribution in [0.25, 0.3) is 0 Å². The van der Waals surface area contributed by atoms with Gasteiger partial charge >= 0.3 is 5.97 Å². The highest BCUT2D eigenvalue weighted by atomic mass is 16.4. The highest BCUT2D eigenvalue weighted by Crippen LogP contribution is 2.16. The lowest BCUT2D eigenvalue weighted by molar-refractivity contribution is -0.144. The van der Waals surface area contributed by atoms with Gasteiger partial charge in [-0.15, -0.1) is 0 Å². The number of rotatable bonds is 12. The maximum atomic E-state index is 12.5. The van der Waals surface area contributed by atoms with E-state index in [4.69, 9.17) is 5.11 Å². The first-order valence-electron chi connectivity index (χ1n) is 9.39. The summed E-state index contributed by atoms with van der Waals surface area (Å²) in [6.45, 7) is 5.32. The van der Waals surface area contributed by atoms with E-state index in [1.54, 1.807) is 26.2 Å². The zero-order valence-corrected chi connectivity index (χ0v) is 16.6. The van der Waals surface area contributed by atoms with Crippen molar-refractivity contribution in [2.45, 2.75) is 52.5 Å². The summed E-state index contributed by atoms with van der Waals surface area (Å²) in [7, 11) is 0. The number of carbonyl (C=O) groups excluding carboxylic acids is 3. The minimum absolute atomic E-state index is 0.0389. The van der Waals surface area contributed by atoms with E-state index in [1.807, 2.05) is 12.1 Å². The smallest absolute Gasteiger partial charge is 0.326 e. The number of carbonyl (C=O) groups is 4. The zero-order chi connectivity index (χ0) is 21.1. The molecule has 0 bridgehead atoms. The van der Waals surface area contributed by atoms with E-state index in [0.717, 1.165) is 18.4 Å². The molecule has 2 amide bonds. The second kappa shape index (κ2) is 11.8. The van der Waals surface area contributed by atoms with Gasteiger partial charge in [-0.25, -0.2) is 4.79 Å². The van der Waals surface area contributed by atoms with Gasteiger partial charge in [0.1, 0.15) is 11.8 Å². The second-order valence-corrected chi connectivity index (χ2v) is 7.17. The Balaban J connectivity index is 2.50. The van der Waals surface area contributed by atoms with Gasteiger partial charge in [-0.3, -0.25) is 19.4 Å². The number of aliphatic carboxylic acids is 1. The number of ketones is 1. The quantitative estimate of drug-likeness (QED) is 0.462. The fraction of sp³-hybridized carbons (Fsp3) is 0.550. The van der Waals surface area contributed by atoms with Crippen molar-refractivity contribution in [1.82, 2.24) is 15.6 Å². The molecule has 0 aliphatic rings. The van der Waals surface area contributed by atoms with Crippen molar-refractivity contribution in [3.05, 3.63) is 30.1 Å². The van der Waals surface area contributed by atoms with Crippen LogP contribution in [0.2, 0.25) is 0 Å². The van der Waals surface area contributed by atoms with Crippen LogP contribution >= 0.6 is 0 Å². The summed E-state index contributed by atoms with van der Waals surface area (Å²) in [6, 6.07) is 2.54. The van der Waals surface area contributed by atoms with E-state index in [0.29, 0.717) is 6.54 Å². The number of carboxylic acids is 1. The molecule has 0 saturated heterocycles. The molecule has 1 rings (SSSR count). The Morgan fingerprint density at radius 3 is 2.43 bits per heavy atom. The highest BCUT2D eigenvalue weighted by molar-refractivity contribution is 5.91. The van der Waals surface area contributed by atoms with E-state index in [2.05, 4.69) is 15.6 Å². The molecule has 2 unspecified atom stereocenters. The summed E-state index contributed by atoms with van der Waals surface area (Å²) in [6.07, 6.45) is 4.69.